The molecule has 8 heteroatoms. The Morgan fingerprint density at radius 1 is 1.48 bits per heavy atom. The van der Waals surface area contributed by atoms with E-state index in [9.17, 15) is 9.18 Å². The number of amides is 1. The molecular weight excluding hydrogens is 321 g/mol. The lowest BCUT2D eigenvalue weighted by Crippen LogP contribution is -2.51. The first-order valence-electron chi connectivity index (χ1n) is 7.37. The maximum Gasteiger partial charge on any atom is 0.276 e. The van der Waals surface area contributed by atoms with Crippen LogP contribution in [0.2, 0.25) is 5.02 Å². The second kappa shape index (κ2) is 6.25. The standard InChI is InChI=1S/C15H17ClFN5O/c1-9-8-21(6-5-18-9)15(23)14-10(2)22(20-19-14)11-3-4-13(17)12(16)7-11/h3-4,7,9,18H,5-6,8H2,1-2H3/t9-/m1/s1. The van der Waals surface area contributed by atoms with E-state index in [1.54, 1.807) is 17.9 Å². The van der Waals surface area contributed by atoms with Crippen molar-refractivity contribution in [2.75, 3.05) is 19.6 Å². The molecule has 1 amide bonds. The molecule has 1 aromatic carbocycles. The average Bonchev–Trinajstić information content (AvgIpc) is 2.91. The van der Waals surface area contributed by atoms with Gasteiger partial charge in [-0.3, -0.25) is 4.79 Å². The monoisotopic (exact) mass is 337 g/mol. The normalized spacial score (nSPS) is 18.3. The van der Waals surface area contributed by atoms with Gasteiger partial charge in [0, 0.05) is 25.7 Å². The van der Waals surface area contributed by atoms with Gasteiger partial charge in [0.05, 0.1) is 16.4 Å². The van der Waals surface area contributed by atoms with Crippen molar-refractivity contribution in [3.05, 3.63) is 40.4 Å². The fourth-order valence-electron chi connectivity index (χ4n) is 2.66. The Bertz CT molecular complexity index is 747. The van der Waals surface area contributed by atoms with Gasteiger partial charge in [-0.15, -0.1) is 5.10 Å². The molecule has 1 aromatic heterocycles. The molecule has 0 aliphatic carbocycles. The zero-order valence-electron chi connectivity index (χ0n) is 12.9. The van der Waals surface area contributed by atoms with E-state index in [1.807, 2.05) is 6.92 Å². The number of nitrogens with zero attached hydrogens (tertiary/aromatic N) is 4. The number of carbonyl (C=O) groups excluding carboxylic acids is 1. The molecule has 1 saturated heterocycles. The van der Waals surface area contributed by atoms with Crippen molar-refractivity contribution >= 4 is 17.5 Å². The van der Waals surface area contributed by atoms with Gasteiger partial charge >= 0.3 is 0 Å². The van der Waals surface area contributed by atoms with Crippen molar-refractivity contribution in [3.8, 4) is 5.69 Å². The molecule has 6 nitrogen and oxygen atoms in total. The molecule has 122 valence electrons. The zero-order chi connectivity index (χ0) is 16.6. The SMILES string of the molecule is Cc1c(C(=O)N2CCN[C@H](C)C2)nnn1-c1ccc(F)c(Cl)c1. The highest BCUT2D eigenvalue weighted by Gasteiger charge is 2.26. The van der Waals surface area contributed by atoms with Gasteiger partial charge in [-0.1, -0.05) is 16.8 Å². The summed E-state index contributed by atoms with van der Waals surface area (Å²) in [5.74, 6) is -0.644. The van der Waals surface area contributed by atoms with E-state index >= 15 is 0 Å². The molecule has 1 fully saturated rings. The zero-order valence-corrected chi connectivity index (χ0v) is 13.6. The summed E-state index contributed by atoms with van der Waals surface area (Å²) in [6.07, 6.45) is 0. The Hall–Kier alpha value is -1.99. The van der Waals surface area contributed by atoms with Crippen molar-refractivity contribution in [1.29, 1.82) is 0 Å². The smallest absolute Gasteiger partial charge is 0.276 e. The summed E-state index contributed by atoms with van der Waals surface area (Å²) in [6, 6.07) is 4.51. The van der Waals surface area contributed by atoms with E-state index < -0.39 is 5.82 Å². The lowest BCUT2D eigenvalue weighted by Gasteiger charge is -2.31. The molecule has 0 unspecified atom stereocenters. The summed E-state index contributed by atoms with van der Waals surface area (Å²) in [5.41, 5.74) is 1.47. The number of aromatic nitrogens is 3. The molecule has 0 bridgehead atoms. The molecule has 0 saturated carbocycles. The number of benzene rings is 1. The van der Waals surface area contributed by atoms with Crippen molar-refractivity contribution in [1.82, 2.24) is 25.2 Å². The first-order chi connectivity index (χ1) is 11.0. The minimum absolute atomic E-state index is 0.00112. The van der Waals surface area contributed by atoms with Gasteiger partial charge in [0.15, 0.2) is 5.69 Å². The Labute approximate surface area is 138 Å². The van der Waals surface area contributed by atoms with Gasteiger partial charge in [-0.25, -0.2) is 9.07 Å². The minimum Gasteiger partial charge on any atom is -0.334 e. The van der Waals surface area contributed by atoms with Crippen molar-refractivity contribution in [2.45, 2.75) is 19.9 Å². The van der Waals surface area contributed by atoms with Gasteiger partial charge in [0.25, 0.3) is 5.91 Å². The van der Waals surface area contributed by atoms with Gasteiger partial charge in [-0.05, 0) is 32.0 Å². The van der Waals surface area contributed by atoms with Crippen LogP contribution in [0.4, 0.5) is 4.39 Å². The highest BCUT2D eigenvalue weighted by atomic mass is 35.5. The Balaban J connectivity index is 1.89. The largest absolute Gasteiger partial charge is 0.334 e. The third-order valence-corrected chi connectivity index (χ3v) is 4.19. The minimum atomic E-state index is -0.501. The van der Waals surface area contributed by atoms with Crippen LogP contribution in [0.25, 0.3) is 5.69 Å². The Kier molecular flexibility index (Phi) is 4.32. The van der Waals surface area contributed by atoms with Gasteiger partial charge in [0.1, 0.15) is 5.82 Å². The third kappa shape index (κ3) is 3.07. The number of carbonyl (C=O) groups is 1. The van der Waals surface area contributed by atoms with Crippen LogP contribution in [0, 0.1) is 12.7 Å². The van der Waals surface area contributed by atoms with E-state index in [1.165, 1.54) is 16.8 Å². The Morgan fingerprint density at radius 3 is 2.96 bits per heavy atom. The average molecular weight is 338 g/mol. The van der Waals surface area contributed by atoms with E-state index in [0.717, 1.165) is 6.54 Å². The van der Waals surface area contributed by atoms with Crippen molar-refractivity contribution in [2.24, 2.45) is 0 Å². The van der Waals surface area contributed by atoms with Gasteiger partial charge in [-0.2, -0.15) is 0 Å². The number of piperazine rings is 1. The van der Waals surface area contributed by atoms with Crippen LogP contribution < -0.4 is 5.32 Å². The second-order valence-electron chi connectivity index (χ2n) is 5.64. The lowest BCUT2D eigenvalue weighted by molar-refractivity contribution is 0.0702. The summed E-state index contributed by atoms with van der Waals surface area (Å²) in [5, 5.41) is 11.3. The number of hydrogen-bond acceptors (Lipinski definition) is 4. The molecule has 2 aromatic rings. The number of halogens is 2. The predicted molar refractivity (Wildman–Crippen MR) is 84.4 cm³/mol. The van der Waals surface area contributed by atoms with Crippen molar-refractivity contribution in [3.63, 3.8) is 0 Å². The number of rotatable bonds is 2. The summed E-state index contributed by atoms with van der Waals surface area (Å²) in [7, 11) is 0. The summed E-state index contributed by atoms with van der Waals surface area (Å²) >= 11 is 5.80. The fourth-order valence-corrected chi connectivity index (χ4v) is 2.83. The van der Waals surface area contributed by atoms with Crippen molar-refractivity contribution < 1.29 is 9.18 Å². The highest BCUT2D eigenvalue weighted by Crippen LogP contribution is 2.20. The molecular formula is C15H17ClFN5O. The maximum absolute atomic E-state index is 13.3. The predicted octanol–water partition coefficient (Wildman–Crippen LogP) is 1.80. The van der Waals surface area contributed by atoms with Crippen LogP contribution in [0.1, 0.15) is 23.1 Å². The highest BCUT2D eigenvalue weighted by molar-refractivity contribution is 6.30. The summed E-state index contributed by atoms with van der Waals surface area (Å²) < 4.78 is 14.8. The molecule has 23 heavy (non-hydrogen) atoms. The van der Waals surface area contributed by atoms with Crippen LogP contribution in [0.5, 0.6) is 0 Å². The molecule has 1 N–H and O–H groups in total. The second-order valence-corrected chi connectivity index (χ2v) is 6.05. The molecule has 0 spiro atoms. The molecule has 3 rings (SSSR count). The van der Waals surface area contributed by atoms with E-state index in [2.05, 4.69) is 15.6 Å². The first-order valence-corrected chi connectivity index (χ1v) is 7.75. The quantitative estimate of drug-likeness (QED) is 0.907. The van der Waals surface area contributed by atoms with Gasteiger partial charge in [0.2, 0.25) is 0 Å². The van der Waals surface area contributed by atoms with Crippen LogP contribution in [0.15, 0.2) is 18.2 Å². The van der Waals surface area contributed by atoms with Crippen LogP contribution in [0.3, 0.4) is 0 Å². The first kappa shape index (κ1) is 15.9. The molecule has 1 aliphatic heterocycles. The fraction of sp³-hybridized carbons (Fsp3) is 0.400. The van der Waals surface area contributed by atoms with Crippen LogP contribution in [-0.4, -0.2) is 51.5 Å². The van der Waals surface area contributed by atoms with E-state index in [0.29, 0.717) is 30.2 Å². The van der Waals surface area contributed by atoms with Crippen LogP contribution in [-0.2, 0) is 0 Å². The van der Waals surface area contributed by atoms with E-state index in [-0.39, 0.29) is 17.0 Å². The van der Waals surface area contributed by atoms with Crippen LogP contribution >= 0.6 is 11.6 Å². The lowest BCUT2D eigenvalue weighted by atomic mass is 10.2. The Morgan fingerprint density at radius 2 is 2.26 bits per heavy atom. The summed E-state index contributed by atoms with van der Waals surface area (Å²) in [6.45, 7) is 5.82. The molecule has 1 atom stereocenters. The topological polar surface area (TPSA) is 63.1 Å². The number of nitrogens with one attached hydrogen (secondary N) is 1. The molecule has 1 aliphatic rings. The summed E-state index contributed by atoms with van der Waals surface area (Å²) in [4.78, 5) is 14.4. The third-order valence-electron chi connectivity index (χ3n) is 3.90. The molecule has 2 heterocycles. The van der Waals surface area contributed by atoms with E-state index in [4.69, 9.17) is 11.6 Å². The molecule has 0 radical (unpaired) electrons. The van der Waals surface area contributed by atoms with Gasteiger partial charge < -0.3 is 10.2 Å². The maximum atomic E-state index is 13.3. The number of hydrogen-bond donors (Lipinski definition) is 1.